The largest absolute Gasteiger partial charge is 0.496 e. The molecule has 0 spiro atoms. The van der Waals surface area contributed by atoms with E-state index in [1.165, 1.54) is 22.1 Å². The van der Waals surface area contributed by atoms with E-state index in [-0.39, 0.29) is 0 Å². The number of methoxy groups -OCH3 is 1. The third-order valence-corrected chi connectivity index (χ3v) is 7.19. The monoisotopic (exact) mass is 468 g/mol. The van der Waals surface area contributed by atoms with E-state index in [1.54, 1.807) is 7.11 Å². The smallest absolute Gasteiger partial charge is 0.123 e. The number of aryl methyl sites for hydroxylation is 1. The lowest BCUT2D eigenvalue weighted by molar-refractivity contribution is 0.404. The van der Waals surface area contributed by atoms with Gasteiger partial charge in [0, 0.05) is 39.6 Å². The molecule has 0 bridgehead atoms. The average Bonchev–Trinajstić information content (AvgIpc) is 3.55. The van der Waals surface area contributed by atoms with Crippen LogP contribution in [0.1, 0.15) is 28.1 Å². The average molecular weight is 469 g/mol. The zero-order valence-corrected chi connectivity index (χ0v) is 20.5. The number of aromatic amines is 2. The predicted octanol–water partition coefficient (Wildman–Crippen LogP) is 7.86. The van der Waals surface area contributed by atoms with E-state index >= 15 is 0 Å². The maximum atomic E-state index is 6.02. The van der Waals surface area contributed by atoms with Crippen LogP contribution < -0.4 is 4.74 Å². The van der Waals surface area contributed by atoms with Gasteiger partial charge < -0.3 is 14.7 Å². The Morgan fingerprint density at radius 3 is 2.06 bits per heavy atom. The molecule has 2 aromatic heterocycles. The number of benzene rings is 4. The lowest BCUT2D eigenvalue weighted by atomic mass is 9.66. The number of fused-ring (bicyclic) bond motifs is 1. The second kappa shape index (κ2) is 8.94. The molecule has 176 valence electrons. The minimum absolute atomic E-state index is 0.689. The highest BCUT2D eigenvalue weighted by Crippen LogP contribution is 2.52. The number of para-hydroxylation sites is 2. The zero-order valence-electron chi connectivity index (χ0n) is 20.5. The molecule has 0 saturated carbocycles. The Morgan fingerprint density at radius 1 is 0.667 bits per heavy atom. The first-order chi connectivity index (χ1) is 17.7. The van der Waals surface area contributed by atoms with Crippen LogP contribution >= 0.6 is 0 Å². The summed E-state index contributed by atoms with van der Waals surface area (Å²) in [5, 5.41) is 1.19. The Hall–Kier alpha value is -4.50. The van der Waals surface area contributed by atoms with Crippen LogP contribution in [0.5, 0.6) is 5.75 Å². The summed E-state index contributed by atoms with van der Waals surface area (Å²) < 4.78 is 6.02. The molecule has 0 aliphatic rings. The van der Waals surface area contributed by atoms with E-state index in [0.717, 1.165) is 33.8 Å². The summed E-state index contributed by atoms with van der Waals surface area (Å²) in [6.07, 6.45) is 2.03. The van der Waals surface area contributed by atoms with Crippen LogP contribution in [-0.2, 0) is 5.41 Å². The molecule has 6 aromatic rings. The molecule has 3 heteroatoms. The molecule has 0 fully saturated rings. The van der Waals surface area contributed by atoms with Crippen molar-refractivity contribution in [2.24, 2.45) is 0 Å². The van der Waals surface area contributed by atoms with Gasteiger partial charge in [0.15, 0.2) is 0 Å². The molecular weight excluding hydrogens is 440 g/mol. The van der Waals surface area contributed by atoms with Gasteiger partial charge in [-0.2, -0.15) is 0 Å². The van der Waals surface area contributed by atoms with Gasteiger partial charge in [-0.05, 0) is 41.8 Å². The number of ether oxygens (including phenoxy) is 1. The summed E-state index contributed by atoms with van der Waals surface area (Å²) in [6.45, 7) is 2.17. The number of hydrogen-bond donors (Lipinski definition) is 2. The predicted molar refractivity (Wildman–Crippen MR) is 148 cm³/mol. The first-order valence-electron chi connectivity index (χ1n) is 12.2. The van der Waals surface area contributed by atoms with E-state index in [9.17, 15) is 0 Å². The normalized spacial score (nSPS) is 12.9. The topological polar surface area (TPSA) is 40.8 Å². The highest BCUT2D eigenvalue weighted by Gasteiger charge is 2.45. The molecule has 0 amide bonds. The molecule has 0 saturated heterocycles. The van der Waals surface area contributed by atoms with Gasteiger partial charge in [0.25, 0.3) is 0 Å². The molecular formula is C33H28N2O. The molecule has 2 heterocycles. The SMILES string of the molecule is COc1ccccc1C(c1ccccc1)(c1[nH]ccc1C)c1[nH]c2ccccc2c1-c1ccccc1. The van der Waals surface area contributed by atoms with Gasteiger partial charge in [0.1, 0.15) is 11.2 Å². The van der Waals surface area contributed by atoms with Crippen LogP contribution in [0.2, 0.25) is 0 Å². The first-order valence-corrected chi connectivity index (χ1v) is 12.2. The van der Waals surface area contributed by atoms with Crippen LogP contribution in [0.4, 0.5) is 0 Å². The third-order valence-electron chi connectivity index (χ3n) is 7.19. The van der Waals surface area contributed by atoms with Crippen LogP contribution in [0.25, 0.3) is 22.0 Å². The van der Waals surface area contributed by atoms with Crippen molar-refractivity contribution in [1.82, 2.24) is 9.97 Å². The Morgan fingerprint density at radius 2 is 1.33 bits per heavy atom. The molecule has 36 heavy (non-hydrogen) atoms. The Kier molecular flexibility index (Phi) is 5.46. The van der Waals surface area contributed by atoms with Crippen LogP contribution in [0.3, 0.4) is 0 Å². The van der Waals surface area contributed by atoms with Crippen LogP contribution in [0, 0.1) is 6.92 Å². The number of aromatic nitrogens is 2. The highest BCUT2D eigenvalue weighted by molar-refractivity contribution is 5.99. The van der Waals surface area contributed by atoms with Crippen molar-refractivity contribution in [2.45, 2.75) is 12.3 Å². The molecule has 0 aliphatic heterocycles. The van der Waals surface area contributed by atoms with E-state index in [4.69, 9.17) is 4.74 Å². The van der Waals surface area contributed by atoms with E-state index < -0.39 is 5.41 Å². The first kappa shape index (κ1) is 22.0. The molecule has 2 N–H and O–H groups in total. The lowest BCUT2D eigenvalue weighted by Gasteiger charge is -2.37. The van der Waals surface area contributed by atoms with E-state index in [1.807, 2.05) is 12.3 Å². The van der Waals surface area contributed by atoms with Crippen molar-refractivity contribution in [1.29, 1.82) is 0 Å². The van der Waals surface area contributed by atoms with Gasteiger partial charge in [-0.3, -0.25) is 0 Å². The summed E-state index contributed by atoms with van der Waals surface area (Å²) in [5.74, 6) is 0.841. The minimum Gasteiger partial charge on any atom is -0.496 e. The molecule has 6 rings (SSSR count). The maximum absolute atomic E-state index is 6.02. The van der Waals surface area contributed by atoms with Crippen molar-refractivity contribution >= 4 is 10.9 Å². The van der Waals surface area contributed by atoms with Gasteiger partial charge in [0.2, 0.25) is 0 Å². The Balaban J connectivity index is 1.87. The fraction of sp³-hybridized carbons (Fsp3) is 0.0909. The van der Waals surface area contributed by atoms with Gasteiger partial charge in [0.05, 0.1) is 7.11 Å². The number of nitrogens with one attached hydrogen (secondary N) is 2. The van der Waals surface area contributed by atoms with Crippen molar-refractivity contribution in [2.75, 3.05) is 7.11 Å². The highest BCUT2D eigenvalue weighted by atomic mass is 16.5. The molecule has 1 unspecified atom stereocenters. The summed E-state index contributed by atoms with van der Waals surface area (Å²) >= 11 is 0. The minimum atomic E-state index is -0.689. The van der Waals surface area contributed by atoms with E-state index in [2.05, 4.69) is 126 Å². The lowest BCUT2D eigenvalue weighted by Crippen LogP contribution is -2.33. The van der Waals surface area contributed by atoms with Crippen LogP contribution in [0.15, 0.2) is 121 Å². The van der Waals surface area contributed by atoms with Crippen molar-refractivity contribution < 1.29 is 4.74 Å². The molecule has 0 radical (unpaired) electrons. The summed E-state index contributed by atoms with van der Waals surface area (Å²) in [7, 11) is 1.75. The fourth-order valence-electron chi connectivity index (χ4n) is 5.66. The fourth-order valence-corrected chi connectivity index (χ4v) is 5.66. The molecule has 4 aromatic carbocycles. The second-order valence-electron chi connectivity index (χ2n) is 9.14. The molecule has 0 aliphatic carbocycles. The van der Waals surface area contributed by atoms with Crippen molar-refractivity contribution in [3.8, 4) is 16.9 Å². The Labute approximate surface area is 211 Å². The van der Waals surface area contributed by atoms with Gasteiger partial charge in [-0.15, -0.1) is 0 Å². The number of rotatable bonds is 6. The van der Waals surface area contributed by atoms with Crippen molar-refractivity contribution in [3.63, 3.8) is 0 Å². The quantitative estimate of drug-likeness (QED) is 0.257. The van der Waals surface area contributed by atoms with Gasteiger partial charge >= 0.3 is 0 Å². The van der Waals surface area contributed by atoms with Gasteiger partial charge in [-0.1, -0.05) is 97.1 Å². The molecule has 1 atom stereocenters. The standard InChI is InChI=1S/C33H28N2O/c1-23-21-22-34-31(23)33(25-15-7-4-8-16-25,27-18-10-12-20-29(27)36-2)32-30(24-13-5-3-6-14-24)26-17-9-11-19-28(26)35-32/h3-22,34-35H,1-2H3. The summed E-state index contributed by atoms with van der Waals surface area (Å²) in [4.78, 5) is 7.53. The van der Waals surface area contributed by atoms with E-state index in [0.29, 0.717) is 0 Å². The van der Waals surface area contributed by atoms with Crippen LogP contribution in [-0.4, -0.2) is 17.1 Å². The summed E-state index contributed by atoms with van der Waals surface area (Å²) in [5.41, 5.74) is 8.41. The molecule has 3 nitrogen and oxygen atoms in total. The Bertz CT molecular complexity index is 1630. The van der Waals surface area contributed by atoms with Crippen molar-refractivity contribution in [3.05, 3.63) is 150 Å². The summed E-state index contributed by atoms with van der Waals surface area (Å²) in [6, 6.07) is 40.5. The van der Waals surface area contributed by atoms with Gasteiger partial charge in [-0.25, -0.2) is 0 Å². The number of hydrogen-bond acceptors (Lipinski definition) is 1. The maximum Gasteiger partial charge on any atom is 0.123 e. The second-order valence-corrected chi connectivity index (χ2v) is 9.14. The zero-order chi connectivity index (χ0) is 24.5. The third kappa shape index (κ3) is 3.28. The number of H-pyrrole nitrogens is 2.